The van der Waals surface area contributed by atoms with E-state index in [2.05, 4.69) is 15.9 Å². The third-order valence-electron chi connectivity index (χ3n) is 3.53. The van der Waals surface area contributed by atoms with E-state index >= 15 is 0 Å². The fourth-order valence-corrected chi connectivity index (χ4v) is 3.00. The minimum absolute atomic E-state index is 0.00744. The highest BCUT2D eigenvalue weighted by Gasteiger charge is 2.27. The maximum Gasteiger partial charge on any atom is 0.254 e. The van der Waals surface area contributed by atoms with Gasteiger partial charge in [0.1, 0.15) is 0 Å². The zero-order chi connectivity index (χ0) is 13.8. The zero-order valence-corrected chi connectivity index (χ0v) is 13.0. The molecular weight excluding hydrogens is 330 g/mol. The quantitative estimate of drug-likeness (QED) is 0.907. The Morgan fingerprint density at radius 2 is 2.11 bits per heavy atom. The van der Waals surface area contributed by atoms with Crippen molar-refractivity contribution in [3.8, 4) is 0 Å². The summed E-state index contributed by atoms with van der Waals surface area (Å²) in [7, 11) is 0. The Bertz CT molecular complexity index is 461. The third-order valence-corrected chi connectivity index (χ3v) is 4.77. The van der Waals surface area contributed by atoms with Crippen molar-refractivity contribution in [2.75, 3.05) is 13.2 Å². The molecule has 2 rings (SSSR count). The van der Waals surface area contributed by atoms with Gasteiger partial charge in [-0.25, -0.2) is 0 Å². The van der Waals surface area contributed by atoms with E-state index in [1.54, 1.807) is 23.1 Å². The van der Waals surface area contributed by atoms with E-state index in [1.165, 1.54) is 0 Å². The number of amides is 1. The number of rotatable bonds is 4. The maximum absolute atomic E-state index is 12.5. The average molecular weight is 347 g/mol. The summed E-state index contributed by atoms with van der Waals surface area (Å²) in [5, 5.41) is 9.69. The first-order chi connectivity index (χ1) is 9.13. The van der Waals surface area contributed by atoms with E-state index in [1.807, 2.05) is 0 Å². The lowest BCUT2D eigenvalue weighted by Crippen LogP contribution is -2.40. The van der Waals surface area contributed by atoms with Gasteiger partial charge in [-0.2, -0.15) is 0 Å². The molecule has 1 fully saturated rings. The second kappa shape index (κ2) is 6.73. The molecule has 5 heteroatoms. The second-order valence-corrected chi connectivity index (χ2v) is 6.05. The summed E-state index contributed by atoms with van der Waals surface area (Å²) in [6, 6.07) is 5.47. The van der Waals surface area contributed by atoms with Crippen molar-refractivity contribution < 1.29 is 9.90 Å². The number of halogens is 2. The standard InChI is InChI=1S/C14H17BrClNO2/c15-12-6-5-10(9-13(12)16)14(19)17(7-8-18)11-3-1-2-4-11/h5-6,9,11,18H,1-4,7-8H2. The molecule has 0 aliphatic heterocycles. The Balaban J connectivity index is 2.20. The number of nitrogens with zero attached hydrogens (tertiary/aromatic N) is 1. The first-order valence-corrected chi connectivity index (χ1v) is 7.67. The lowest BCUT2D eigenvalue weighted by atomic mass is 10.1. The summed E-state index contributed by atoms with van der Waals surface area (Å²) in [4.78, 5) is 14.3. The summed E-state index contributed by atoms with van der Waals surface area (Å²) in [5.41, 5.74) is 0.577. The fraction of sp³-hybridized carbons (Fsp3) is 0.500. The molecule has 0 atom stereocenters. The molecule has 1 aliphatic carbocycles. The molecule has 0 radical (unpaired) electrons. The van der Waals surface area contributed by atoms with Crippen LogP contribution in [0.15, 0.2) is 22.7 Å². The number of carbonyl (C=O) groups is 1. The van der Waals surface area contributed by atoms with Crippen molar-refractivity contribution in [3.63, 3.8) is 0 Å². The van der Waals surface area contributed by atoms with Crippen LogP contribution in [0.2, 0.25) is 5.02 Å². The largest absolute Gasteiger partial charge is 0.395 e. The minimum atomic E-state index is -0.0460. The van der Waals surface area contributed by atoms with E-state index in [9.17, 15) is 4.79 Å². The number of hydrogen-bond acceptors (Lipinski definition) is 2. The molecule has 0 heterocycles. The van der Waals surface area contributed by atoms with Crippen LogP contribution >= 0.6 is 27.5 Å². The molecule has 0 unspecified atom stereocenters. The number of hydrogen-bond donors (Lipinski definition) is 1. The van der Waals surface area contributed by atoms with E-state index in [-0.39, 0.29) is 18.6 Å². The van der Waals surface area contributed by atoms with Crippen LogP contribution in [-0.4, -0.2) is 35.1 Å². The van der Waals surface area contributed by atoms with Crippen molar-refractivity contribution >= 4 is 33.4 Å². The summed E-state index contributed by atoms with van der Waals surface area (Å²) in [5.74, 6) is -0.0460. The normalized spacial score (nSPS) is 15.7. The monoisotopic (exact) mass is 345 g/mol. The van der Waals surface area contributed by atoms with Gasteiger partial charge in [0, 0.05) is 22.6 Å². The number of benzene rings is 1. The van der Waals surface area contributed by atoms with Gasteiger partial charge in [-0.05, 0) is 47.0 Å². The molecule has 0 aromatic heterocycles. The Labute approximate surface area is 126 Å². The fourth-order valence-electron chi connectivity index (χ4n) is 2.57. The Morgan fingerprint density at radius 3 is 2.68 bits per heavy atom. The van der Waals surface area contributed by atoms with Gasteiger partial charge < -0.3 is 10.0 Å². The molecule has 1 aromatic rings. The van der Waals surface area contributed by atoms with Crippen LogP contribution in [0.4, 0.5) is 0 Å². The van der Waals surface area contributed by atoms with Gasteiger partial charge >= 0.3 is 0 Å². The first-order valence-electron chi connectivity index (χ1n) is 6.50. The summed E-state index contributed by atoms with van der Waals surface area (Å²) >= 11 is 9.35. The molecule has 1 amide bonds. The van der Waals surface area contributed by atoms with Gasteiger partial charge in [-0.3, -0.25) is 4.79 Å². The van der Waals surface area contributed by atoms with Crippen LogP contribution in [0.1, 0.15) is 36.0 Å². The summed E-state index contributed by atoms with van der Waals surface area (Å²) in [6.07, 6.45) is 4.36. The SMILES string of the molecule is O=C(c1ccc(Br)c(Cl)c1)N(CCO)C1CCCC1. The topological polar surface area (TPSA) is 40.5 Å². The third kappa shape index (κ3) is 3.50. The average Bonchev–Trinajstić information content (AvgIpc) is 2.92. The molecule has 1 N–H and O–H groups in total. The minimum Gasteiger partial charge on any atom is -0.395 e. The predicted octanol–water partition coefficient (Wildman–Crippen LogP) is 3.48. The zero-order valence-electron chi connectivity index (χ0n) is 10.6. The highest BCUT2D eigenvalue weighted by atomic mass is 79.9. The number of aliphatic hydroxyl groups excluding tert-OH is 1. The Morgan fingerprint density at radius 1 is 1.42 bits per heavy atom. The van der Waals surface area contributed by atoms with Crippen molar-refractivity contribution in [2.24, 2.45) is 0 Å². The van der Waals surface area contributed by atoms with Gasteiger partial charge in [-0.1, -0.05) is 24.4 Å². The molecule has 1 aromatic carbocycles. The van der Waals surface area contributed by atoms with Crippen molar-refractivity contribution in [1.82, 2.24) is 4.90 Å². The number of aliphatic hydroxyl groups is 1. The molecule has 1 aliphatic rings. The van der Waals surface area contributed by atoms with Crippen LogP contribution in [0.3, 0.4) is 0 Å². The van der Waals surface area contributed by atoms with E-state index in [4.69, 9.17) is 16.7 Å². The van der Waals surface area contributed by atoms with E-state index < -0.39 is 0 Å². The molecule has 0 spiro atoms. The molecule has 1 saturated carbocycles. The van der Waals surface area contributed by atoms with E-state index in [0.717, 1.165) is 30.2 Å². The van der Waals surface area contributed by atoms with Crippen LogP contribution < -0.4 is 0 Å². The van der Waals surface area contributed by atoms with Crippen LogP contribution in [0.25, 0.3) is 0 Å². The lowest BCUT2D eigenvalue weighted by Gasteiger charge is -2.28. The Hall–Kier alpha value is -0.580. The number of carbonyl (C=O) groups excluding carboxylic acids is 1. The van der Waals surface area contributed by atoms with Gasteiger partial charge in [0.15, 0.2) is 0 Å². The van der Waals surface area contributed by atoms with Gasteiger partial charge in [0.25, 0.3) is 5.91 Å². The summed E-state index contributed by atoms with van der Waals surface area (Å²) in [6.45, 7) is 0.379. The summed E-state index contributed by atoms with van der Waals surface area (Å²) < 4.78 is 0.778. The van der Waals surface area contributed by atoms with Crippen molar-refractivity contribution in [2.45, 2.75) is 31.7 Å². The highest BCUT2D eigenvalue weighted by molar-refractivity contribution is 9.10. The maximum atomic E-state index is 12.5. The molecule has 104 valence electrons. The predicted molar refractivity (Wildman–Crippen MR) is 79.5 cm³/mol. The molecular formula is C14H17BrClNO2. The van der Waals surface area contributed by atoms with Crippen LogP contribution in [-0.2, 0) is 0 Å². The van der Waals surface area contributed by atoms with Crippen LogP contribution in [0.5, 0.6) is 0 Å². The van der Waals surface area contributed by atoms with Gasteiger partial charge in [0.2, 0.25) is 0 Å². The smallest absolute Gasteiger partial charge is 0.254 e. The molecule has 3 nitrogen and oxygen atoms in total. The molecule has 19 heavy (non-hydrogen) atoms. The molecule has 0 saturated heterocycles. The highest BCUT2D eigenvalue weighted by Crippen LogP contribution is 2.27. The first kappa shape index (κ1) is 14.8. The second-order valence-electron chi connectivity index (χ2n) is 4.79. The van der Waals surface area contributed by atoms with Gasteiger partial charge in [-0.15, -0.1) is 0 Å². The lowest BCUT2D eigenvalue weighted by molar-refractivity contribution is 0.0638. The van der Waals surface area contributed by atoms with Crippen molar-refractivity contribution in [3.05, 3.63) is 33.3 Å². The van der Waals surface area contributed by atoms with Gasteiger partial charge in [0.05, 0.1) is 11.6 Å². The molecule has 0 bridgehead atoms. The van der Waals surface area contributed by atoms with Crippen LogP contribution in [0, 0.1) is 0 Å². The van der Waals surface area contributed by atoms with E-state index in [0.29, 0.717) is 17.1 Å². The van der Waals surface area contributed by atoms with Crippen molar-refractivity contribution in [1.29, 1.82) is 0 Å². The Kier molecular flexibility index (Phi) is 5.25.